The average Bonchev–Trinajstić information content (AvgIpc) is 3.21. The van der Waals surface area contributed by atoms with Crippen LogP contribution in [0.4, 0.5) is 5.95 Å². The van der Waals surface area contributed by atoms with Crippen LogP contribution < -0.4 is 10.6 Å². The third kappa shape index (κ3) is 4.07. The van der Waals surface area contributed by atoms with Gasteiger partial charge in [0.05, 0.1) is 10.2 Å². The van der Waals surface area contributed by atoms with Gasteiger partial charge in [-0.05, 0) is 17.4 Å². The van der Waals surface area contributed by atoms with Crippen LogP contribution in [0.25, 0.3) is 20.9 Å². The number of carbonyl (C=O) groups is 1. The van der Waals surface area contributed by atoms with Crippen molar-refractivity contribution in [1.29, 1.82) is 0 Å². The maximum absolute atomic E-state index is 11.6. The van der Waals surface area contributed by atoms with Crippen LogP contribution in [-0.4, -0.2) is 33.9 Å². The number of nitrogens with zero attached hydrogens (tertiary/aromatic N) is 3. The molecule has 0 saturated carbocycles. The minimum absolute atomic E-state index is 0.0736. The molecule has 3 heterocycles. The van der Waals surface area contributed by atoms with Gasteiger partial charge >= 0.3 is 0 Å². The Bertz CT molecular complexity index is 813. The van der Waals surface area contributed by atoms with Crippen molar-refractivity contribution in [2.45, 2.75) is 20.3 Å². The fourth-order valence-corrected chi connectivity index (χ4v) is 3.76. The molecule has 8 heteroatoms. The minimum Gasteiger partial charge on any atom is -0.354 e. The summed E-state index contributed by atoms with van der Waals surface area (Å²) in [4.78, 5) is 25.1. The maximum Gasteiger partial charge on any atom is 0.224 e. The van der Waals surface area contributed by atoms with Crippen molar-refractivity contribution in [3.05, 3.63) is 23.0 Å². The fraction of sp³-hybridized carbons (Fsp3) is 0.375. The second-order valence-corrected chi connectivity index (χ2v) is 7.55. The Morgan fingerprint density at radius 2 is 2.08 bits per heavy atom. The first-order valence-corrected chi connectivity index (χ1v) is 9.55. The van der Waals surface area contributed by atoms with Crippen LogP contribution in [0.1, 0.15) is 20.3 Å². The Kier molecular flexibility index (Phi) is 5.37. The lowest BCUT2D eigenvalue weighted by Crippen LogP contribution is -2.29. The highest BCUT2D eigenvalue weighted by Crippen LogP contribution is 2.32. The summed E-state index contributed by atoms with van der Waals surface area (Å²) in [5, 5.41) is 10.9. The van der Waals surface area contributed by atoms with Crippen molar-refractivity contribution in [1.82, 2.24) is 20.3 Å². The molecule has 3 aromatic rings. The summed E-state index contributed by atoms with van der Waals surface area (Å²) in [5.41, 5.74) is 1.77. The first kappa shape index (κ1) is 16.8. The van der Waals surface area contributed by atoms with Gasteiger partial charge in [-0.15, -0.1) is 22.7 Å². The molecule has 0 aliphatic rings. The molecule has 1 amide bonds. The van der Waals surface area contributed by atoms with Crippen molar-refractivity contribution in [3.8, 4) is 10.7 Å². The molecule has 0 radical (unpaired) electrons. The largest absolute Gasteiger partial charge is 0.354 e. The number of aromatic nitrogens is 3. The molecule has 126 valence electrons. The average molecular weight is 361 g/mol. The smallest absolute Gasteiger partial charge is 0.224 e. The summed E-state index contributed by atoms with van der Waals surface area (Å²) in [6.07, 6.45) is 2.32. The summed E-state index contributed by atoms with van der Waals surface area (Å²) >= 11 is 3.18. The van der Waals surface area contributed by atoms with E-state index in [1.165, 1.54) is 0 Å². The van der Waals surface area contributed by atoms with Crippen LogP contribution in [0.15, 0.2) is 23.0 Å². The fourth-order valence-electron chi connectivity index (χ4n) is 2.25. The number of hydrogen-bond acceptors (Lipinski definition) is 7. The number of nitrogens with one attached hydrogen (secondary N) is 2. The summed E-state index contributed by atoms with van der Waals surface area (Å²) < 4.78 is 1.04. The molecule has 0 atom stereocenters. The van der Waals surface area contributed by atoms with E-state index in [1.807, 2.05) is 30.7 Å². The van der Waals surface area contributed by atoms with Crippen molar-refractivity contribution < 1.29 is 4.79 Å². The van der Waals surface area contributed by atoms with Crippen molar-refractivity contribution in [3.63, 3.8) is 0 Å². The number of thiazole rings is 1. The molecule has 0 saturated heterocycles. The van der Waals surface area contributed by atoms with E-state index in [0.29, 0.717) is 31.4 Å². The molecule has 6 nitrogen and oxygen atoms in total. The molecule has 3 rings (SSSR count). The molecule has 0 fully saturated rings. The third-order valence-corrected chi connectivity index (χ3v) is 4.95. The number of hydrogen-bond donors (Lipinski definition) is 2. The second-order valence-electron chi connectivity index (χ2n) is 5.74. The summed E-state index contributed by atoms with van der Waals surface area (Å²) in [7, 11) is 0. The molecular formula is C16H19N5OS2. The van der Waals surface area contributed by atoms with Gasteiger partial charge in [-0.2, -0.15) is 0 Å². The van der Waals surface area contributed by atoms with Crippen molar-refractivity contribution in [2.75, 3.05) is 18.4 Å². The van der Waals surface area contributed by atoms with Gasteiger partial charge in [0.2, 0.25) is 11.9 Å². The van der Waals surface area contributed by atoms with Gasteiger partial charge in [0.25, 0.3) is 0 Å². The highest BCUT2D eigenvalue weighted by atomic mass is 32.1. The first-order valence-electron chi connectivity index (χ1n) is 7.79. The zero-order valence-electron chi connectivity index (χ0n) is 13.6. The number of fused-ring (bicyclic) bond motifs is 1. The van der Waals surface area contributed by atoms with Gasteiger partial charge in [0.15, 0.2) is 0 Å². The number of carbonyl (C=O) groups excluding carboxylic acids is 1. The van der Waals surface area contributed by atoms with Crippen LogP contribution >= 0.6 is 22.7 Å². The summed E-state index contributed by atoms with van der Waals surface area (Å²) in [6.45, 7) is 5.18. The lowest BCUT2D eigenvalue weighted by Gasteiger charge is -2.09. The van der Waals surface area contributed by atoms with Crippen LogP contribution in [0, 0.1) is 5.92 Å². The van der Waals surface area contributed by atoms with E-state index in [1.54, 1.807) is 28.9 Å². The number of anilines is 1. The van der Waals surface area contributed by atoms with Gasteiger partial charge in [-0.25, -0.2) is 15.0 Å². The minimum atomic E-state index is 0.0736. The SMILES string of the molecule is CC(C)CC(=O)NCCNc1nc(-c2nccs2)c2sccc2n1. The van der Waals surface area contributed by atoms with Crippen LogP contribution in [0.2, 0.25) is 0 Å². The van der Waals surface area contributed by atoms with E-state index in [4.69, 9.17) is 0 Å². The van der Waals surface area contributed by atoms with E-state index < -0.39 is 0 Å². The van der Waals surface area contributed by atoms with E-state index in [9.17, 15) is 4.79 Å². The van der Waals surface area contributed by atoms with Gasteiger partial charge < -0.3 is 10.6 Å². The Balaban J connectivity index is 1.66. The highest BCUT2D eigenvalue weighted by Gasteiger charge is 2.13. The van der Waals surface area contributed by atoms with E-state index in [2.05, 4.69) is 25.6 Å². The van der Waals surface area contributed by atoms with Gasteiger partial charge in [0.1, 0.15) is 10.7 Å². The Morgan fingerprint density at radius 1 is 1.21 bits per heavy atom. The Hall–Kier alpha value is -2.06. The molecule has 0 unspecified atom stereocenters. The monoisotopic (exact) mass is 361 g/mol. The molecule has 0 aliphatic carbocycles. The van der Waals surface area contributed by atoms with E-state index in [-0.39, 0.29) is 5.91 Å². The zero-order valence-corrected chi connectivity index (χ0v) is 15.2. The lowest BCUT2D eigenvalue weighted by atomic mass is 10.1. The normalized spacial score (nSPS) is 11.1. The van der Waals surface area contributed by atoms with E-state index in [0.717, 1.165) is 20.9 Å². The molecular weight excluding hydrogens is 342 g/mol. The number of thiophene rings is 1. The van der Waals surface area contributed by atoms with Gasteiger partial charge in [-0.1, -0.05) is 13.8 Å². The van der Waals surface area contributed by atoms with Crippen LogP contribution in [0.3, 0.4) is 0 Å². The van der Waals surface area contributed by atoms with Crippen molar-refractivity contribution >= 4 is 44.7 Å². The number of amides is 1. The number of rotatable bonds is 7. The van der Waals surface area contributed by atoms with Crippen LogP contribution in [0.5, 0.6) is 0 Å². The molecule has 0 aliphatic heterocycles. The molecule has 0 bridgehead atoms. The predicted octanol–water partition coefficient (Wildman–Crippen LogP) is 3.39. The highest BCUT2D eigenvalue weighted by molar-refractivity contribution is 7.18. The quantitative estimate of drug-likeness (QED) is 0.631. The zero-order chi connectivity index (χ0) is 16.9. The van der Waals surface area contributed by atoms with Gasteiger partial charge in [-0.3, -0.25) is 4.79 Å². The molecule has 0 spiro atoms. The predicted molar refractivity (Wildman–Crippen MR) is 99.5 cm³/mol. The molecule has 2 N–H and O–H groups in total. The van der Waals surface area contributed by atoms with Gasteiger partial charge in [0, 0.05) is 31.1 Å². The maximum atomic E-state index is 11.6. The summed E-state index contributed by atoms with van der Waals surface area (Å²) in [5.74, 6) is 0.997. The molecule has 3 aromatic heterocycles. The lowest BCUT2D eigenvalue weighted by molar-refractivity contribution is -0.121. The van der Waals surface area contributed by atoms with Crippen LogP contribution in [-0.2, 0) is 4.79 Å². The summed E-state index contributed by atoms with van der Waals surface area (Å²) in [6, 6.07) is 1.98. The van der Waals surface area contributed by atoms with E-state index >= 15 is 0 Å². The Labute approximate surface area is 148 Å². The van der Waals surface area contributed by atoms with Crippen molar-refractivity contribution in [2.24, 2.45) is 5.92 Å². The first-order chi connectivity index (χ1) is 11.6. The topological polar surface area (TPSA) is 79.8 Å². The third-order valence-electron chi connectivity index (χ3n) is 3.26. The molecule has 24 heavy (non-hydrogen) atoms. The Morgan fingerprint density at radius 3 is 2.83 bits per heavy atom. The second kappa shape index (κ2) is 7.67. The standard InChI is InChI=1S/C16H19N5OS2/c1-10(2)9-12(22)17-4-5-19-16-20-11-3-7-23-14(11)13(21-16)15-18-6-8-24-15/h3,6-8,10H,4-5,9H2,1-2H3,(H,17,22)(H,19,20,21). The molecule has 0 aromatic carbocycles.